The molecule has 0 bridgehead atoms. The quantitative estimate of drug-likeness (QED) is 0.706. The minimum atomic E-state index is -0.404. The molecule has 2 amide bonds. The third-order valence-electron chi connectivity index (χ3n) is 4.53. The van der Waals surface area contributed by atoms with E-state index in [1.165, 1.54) is 24.3 Å². The zero-order chi connectivity index (χ0) is 20.1. The van der Waals surface area contributed by atoms with Crippen LogP contribution in [0.15, 0.2) is 60.7 Å². The second-order valence-electron chi connectivity index (χ2n) is 6.54. The van der Waals surface area contributed by atoms with Crippen molar-refractivity contribution in [3.63, 3.8) is 0 Å². The minimum absolute atomic E-state index is 0.354. The van der Waals surface area contributed by atoms with Gasteiger partial charge in [-0.25, -0.2) is 9.18 Å². The molecule has 0 radical (unpaired) electrons. The number of urea groups is 1. The topological polar surface area (TPSA) is 79.4 Å². The first-order valence-corrected chi connectivity index (χ1v) is 9.28. The molecular formula is C21H20FN5O2. The van der Waals surface area contributed by atoms with Crippen LogP contribution in [0, 0.1) is 5.82 Å². The molecule has 0 saturated carbocycles. The highest BCUT2D eigenvalue weighted by Gasteiger charge is 2.13. The molecular weight excluding hydrogens is 373 g/mol. The number of carbonyl (C=O) groups is 1. The maximum Gasteiger partial charge on any atom is 0.323 e. The fourth-order valence-electron chi connectivity index (χ4n) is 2.99. The Balaban J connectivity index is 1.37. The normalized spacial score (nSPS) is 13.8. The Morgan fingerprint density at radius 1 is 0.862 bits per heavy atom. The molecule has 2 aromatic carbocycles. The summed E-state index contributed by atoms with van der Waals surface area (Å²) in [5.41, 5.74) is 2.79. The molecule has 1 aliphatic rings. The molecule has 2 heterocycles. The van der Waals surface area contributed by atoms with Crippen LogP contribution in [0.3, 0.4) is 0 Å². The number of rotatable bonds is 4. The number of nitrogens with one attached hydrogen (secondary N) is 2. The van der Waals surface area contributed by atoms with Gasteiger partial charge in [0.1, 0.15) is 5.82 Å². The average molecular weight is 393 g/mol. The van der Waals surface area contributed by atoms with E-state index < -0.39 is 6.03 Å². The summed E-state index contributed by atoms with van der Waals surface area (Å²) in [5.74, 6) is 0.487. The molecule has 29 heavy (non-hydrogen) atoms. The van der Waals surface area contributed by atoms with Crippen LogP contribution in [-0.4, -0.2) is 42.5 Å². The van der Waals surface area contributed by atoms with E-state index >= 15 is 0 Å². The van der Waals surface area contributed by atoms with Gasteiger partial charge < -0.3 is 20.3 Å². The minimum Gasteiger partial charge on any atom is -0.378 e. The van der Waals surface area contributed by atoms with Gasteiger partial charge in [0.15, 0.2) is 5.82 Å². The van der Waals surface area contributed by atoms with Crippen molar-refractivity contribution in [1.82, 2.24) is 10.2 Å². The van der Waals surface area contributed by atoms with Crippen LogP contribution in [0.25, 0.3) is 11.3 Å². The molecule has 1 aromatic heterocycles. The predicted molar refractivity (Wildman–Crippen MR) is 110 cm³/mol. The van der Waals surface area contributed by atoms with Gasteiger partial charge in [-0.2, -0.15) is 0 Å². The van der Waals surface area contributed by atoms with Crippen molar-refractivity contribution in [2.75, 3.05) is 41.8 Å². The molecule has 8 heteroatoms. The van der Waals surface area contributed by atoms with Gasteiger partial charge in [-0.1, -0.05) is 12.1 Å². The van der Waals surface area contributed by atoms with Crippen molar-refractivity contribution < 1.29 is 13.9 Å². The smallest absolute Gasteiger partial charge is 0.323 e. The van der Waals surface area contributed by atoms with Crippen LogP contribution in [0.5, 0.6) is 0 Å². The number of hydrogen-bond donors (Lipinski definition) is 2. The zero-order valence-corrected chi connectivity index (χ0v) is 15.6. The average Bonchev–Trinajstić information content (AvgIpc) is 2.77. The fourth-order valence-corrected chi connectivity index (χ4v) is 2.99. The van der Waals surface area contributed by atoms with Crippen LogP contribution >= 0.6 is 0 Å². The highest BCUT2D eigenvalue weighted by Crippen LogP contribution is 2.21. The Hall–Kier alpha value is -3.52. The van der Waals surface area contributed by atoms with Gasteiger partial charge in [-0.3, -0.25) is 0 Å². The van der Waals surface area contributed by atoms with Crippen molar-refractivity contribution >= 4 is 23.2 Å². The molecule has 1 saturated heterocycles. The van der Waals surface area contributed by atoms with E-state index in [1.807, 2.05) is 24.3 Å². The first-order chi connectivity index (χ1) is 14.2. The molecule has 4 rings (SSSR count). The Kier molecular flexibility index (Phi) is 5.62. The van der Waals surface area contributed by atoms with Crippen LogP contribution in [0.2, 0.25) is 0 Å². The van der Waals surface area contributed by atoms with Gasteiger partial charge in [-0.15, -0.1) is 10.2 Å². The molecule has 1 aliphatic heterocycles. The standard InChI is InChI=1S/C21H20FN5O2/c22-16-3-7-18(8-4-16)24-21(28)23-17-5-1-15(2-6-17)19-9-10-20(26-25-19)27-11-13-29-14-12-27/h1-10H,11-14H2,(H2,23,24,28). The van der Waals surface area contributed by atoms with E-state index in [1.54, 1.807) is 12.1 Å². The molecule has 0 spiro atoms. The highest BCUT2D eigenvalue weighted by molar-refractivity contribution is 5.99. The van der Waals surface area contributed by atoms with E-state index in [0.29, 0.717) is 24.6 Å². The van der Waals surface area contributed by atoms with Crippen LogP contribution in [0.4, 0.5) is 26.4 Å². The van der Waals surface area contributed by atoms with E-state index in [-0.39, 0.29) is 5.82 Å². The molecule has 7 nitrogen and oxygen atoms in total. The summed E-state index contributed by atoms with van der Waals surface area (Å²) in [7, 11) is 0. The van der Waals surface area contributed by atoms with Crippen LogP contribution < -0.4 is 15.5 Å². The number of aromatic nitrogens is 2. The number of morpholine rings is 1. The van der Waals surface area contributed by atoms with Gasteiger partial charge in [0.25, 0.3) is 0 Å². The van der Waals surface area contributed by atoms with Gasteiger partial charge in [0, 0.05) is 30.0 Å². The largest absolute Gasteiger partial charge is 0.378 e. The SMILES string of the molecule is O=C(Nc1ccc(F)cc1)Nc1ccc(-c2ccc(N3CCOCC3)nn2)cc1. The Labute approximate surface area is 167 Å². The maximum atomic E-state index is 12.9. The van der Waals surface area contributed by atoms with Crippen molar-refractivity contribution in [2.45, 2.75) is 0 Å². The molecule has 2 N–H and O–H groups in total. The predicted octanol–water partition coefficient (Wildman–Crippen LogP) is 3.76. The molecule has 0 aliphatic carbocycles. The summed E-state index contributed by atoms with van der Waals surface area (Å²) in [4.78, 5) is 14.2. The highest BCUT2D eigenvalue weighted by atomic mass is 19.1. The van der Waals surface area contributed by atoms with E-state index in [4.69, 9.17) is 4.74 Å². The Morgan fingerprint density at radius 2 is 1.48 bits per heavy atom. The number of nitrogens with zero attached hydrogens (tertiary/aromatic N) is 3. The third-order valence-corrected chi connectivity index (χ3v) is 4.53. The fraction of sp³-hybridized carbons (Fsp3) is 0.190. The first-order valence-electron chi connectivity index (χ1n) is 9.28. The molecule has 148 valence electrons. The van der Waals surface area contributed by atoms with Crippen LogP contribution in [-0.2, 0) is 4.74 Å². The number of amides is 2. The monoisotopic (exact) mass is 393 g/mol. The van der Waals surface area contributed by atoms with Crippen molar-refractivity contribution in [3.8, 4) is 11.3 Å². The lowest BCUT2D eigenvalue weighted by atomic mass is 10.1. The van der Waals surface area contributed by atoms with Crippen molar-refractivity contribution in [2.24, 2.45) is 0 Å². The lowest BCUT2D eigenvalue weighted by Gasteiger charge is -2.27. The second-order valence-corrected chi connectivity index (χ2v) is 6.54. The molecule has 3 aromatic rings. The van der Waals surface area contributed by atoms with E-state index in [9.17, 15) is 9.18 Å². The van der Waals surface area contributed by atoms with E-state index in [0.717, 1.165) is 30.2 Å². The summed E-state index contributed by atoms with van der Waals surface area (Å²) >= 11 is 0. The lowest BCUT2D eigenvalue weighted by Crippen LogP contribution is -2.36. The Morgan fingerprint density at radius 3 is 2.07 bits per heavy atom. The number of carbonyl (C=O) groups excluding carboxylic acids is 1. The number of anilines is 3. The molecule has 0 atom stereocenters. The second kappa shape index (κ2) is 8.66. The summed E-state index contributed by atoms with van der Waals surface area (Å²) in [6.45, 7) is 3.03. The van der Waals surface area contributed by atoms with E-state index in [2.05, 4.69) is 25.7 Å². The van der Waals surface area contributed by atoms with Crippen LogP contribution in [0.1, 0.15) is 0 Å². The number of ether oxygens (including phenoxy) is 1. The third kappa shape index (κ3) is 4.85. The zero-order valence-electron chi connectivity index (χ0n) is 15.6. The summed E-state index contributed by atoms with van der Waals surface area (Å²) < 4.78 is 18.3. The van der Waals surface area contributed by atoms with Gasteiger partial charge in [-0.05, 0) is 48.5 Å². The number of halogens is 1. The number of hydrogen-bond acceptors (Lipinski definition) is 5. The summed E-state index contributed by atoms with van der Waals surface area (Å²) in [5, 5.41) is 14.0. The van der Waals surface area contributed by atoms with Crippen molar-refractivity contribution in [3.05, 3.63) is 66.5 Å². The van der Waals surface area contributed by atoms with Gasteiger partial charge >= 0.3 is 6.03 Å². The molecule has 0 unspecified atom stereocenters. The Bertz CT molecular complexity index is 956. The lowest BCUT2D eigenvalue weighted by molar-refractivity contribution is 0.122. The first kappa shape index (κ1) is 18.8. The summed E-state index contributed by atoms with van der Waals surface area (Å²) in [6.07, 6.45) is 0. The summed E-state index contributed by atoms with van der Waals surface area (Å²) in [6, 6.07) is 16.4. The number of benzene rings is 2. The van der Waals surface area contributed by atoms with Crippen molar-refractivity contribution in [1.29, 1.82) is 0 Å². The maximum absolute atomic E-state index is 12.9. The van der Waals surface area contributed by atoms with Gasteiger partial charge in [0.05, 0.1) is 18.9 Å². The molecule has 1 fully saturated rings. The van der Waals surface area contributed by atoms with Gasteiger partial charge in [0.2, 0.25) is 0 Å².